The van der Waals surface area contributed by atoms with Gasteiger partial charge in [-0.15, -0.1) is 4.40 Å². The minimum Gasteiger partial charge on any atom is -0.338 e. The van der Waals surface area contributed by atoms with Crippen molar-refractivity contribution in [3.63, 3.8) is 0 Å². The zero-order chi connectivity index (χ0) is 16.0. The third-order valence-corrected chi connectivity index (χ3v) is 4.99. The molecule has 0 atom stereocenters. The van der Waals surface area contributed by atoms with Gasteiger partial charge < -0.3 is 5.32 Å². The summed E-state index contributed by atoms with van der Waals surface area (Å²) >= 11 is 0. The van der Waals surface area contributed by atoms with E-state index in [-0.39, 0.29) is 10.3 Å². The van der Waals surface area contributed by atoms with Crippen LogP contribution in [-0.2, 0) is 15.4 Å². The van der Waals surface area contributed by atoms with Crippen LogP contribution in [0.25, 0.3) is 0 Å². The number of para-hydroxylation sites is 1. The highest BCUT2D eigenvalue weighted by atomic mass is 32.2. The fourth-order valence-electron chi connectivity index (χ4n) is 2.37. The van der Waals surface area contributed by atoms with E-state index in [1.165, 1.54) is 5.56 Å². The fourth-order valence-corrected chi connectivity index (χ4v) is 3.50. The second-order valence-corrected chi connectivity index (χ2v) is 7.94. The molecule has 0 unspecified atom stereocenters. The number of benzene rings is 2. The highest BCUT2D eigenvalue weighted by Gasteiger charge is 2.25. The van der Waals surface area contributed by atoms with Gasteiger partial charge in [0.05, 0.1) is 5.69 Å². The first-order valence-corrected chi connectivity index (χ1v) is 8.53. The van der Waals surface area contributed by atoms with Crippen LogP contribution in [0.15, 0.2) is 57.8 Å². The van der Waals surface area contributed by atoms with Crippen LogP contribution in [-0.4, -0.2) is 14.3 Å². The van der Waals surface area contributed by atoms with Gasteiger partial charge in [-0.25, -0.2) is 0 Å². The lowest BCUT2D eigenvalue weighted by Crippen LogP contribution is -2.22. The van der Waals surface area contributed by atoms with Gasteiger partial charge in [0, 0.05) is 5.56 Å². The molecule has 0 fully saturated rings. The third kappa shape index (κ3) is 2.64. The van der Waals surface area contributed by atoms with Crippen LogP contribution in [0.4, 0.5) is 5.69 Å². The Balaban J connectivity index is 2.02. The number of rotatable bonds is 1. The number of amidine groups is 1. The maximum atomic E-state index is 12.3. The number of nitrogens with zero attached hydrogens (tertiary/aromatic N) is 1. The fraction of sp³-hybridized carbons (Fsp3) is 0.235. The van der Waals surface area contributed by atoms with E-state index in [0.717, 1.165) is 5.56 Å². The van der Waals surface area contributed by atoms with Crippen molar-refractivity contribution < 1.29 is 8.42 Å². The average molecular weight is 314 g/mol. The molecule has 2 aromatic carbocycles. The first-order valence-electron chi connectivity index (χ1n) is 7.09. The predicted octanol–water partition coefficient (Wildman–Crippen LogP) is 3.55. The third-order valence-electron chi connectivity index (χ3n) is 3.65. The molecule has 22 heavy (non-hydrogen) atoms. The van der Waals surface area contributed by atoms with E-state index in [1.54, 1.807) is 24.3 Å². The van der Waals surface area contributed by atoms with Gasteiger partial charge in [0.1, 0.15) is 4.90 Å². The molecule has 0 bridgehead atoms. The Morgan fingerprint density at radius 3 is 2.23 bits per heavy atom. The van der Waals surface area contributed by atoms with Crippen molar-refractivity contribution >= 4 is 21.5 Å². The van der Waals surface area contributed by atoms with Crippen LogP contribution in [0.1, 0.15) is 31.9 Å². The van der Waals surface area contributed by atoms with Crippen LogP contribution < -0.4 is 5.32 Å². The SMILES string of the molecule is CC(C)(C)c1ccc(C2=NS(=O)(=O)c3ccccc3N2)cc1. The maximum absolute atomic E-state index is 12.3. The lowest BCUT2D eigenvalue weighted by atomic mass is 9.86. The number of hydrogen-bond acceptors (Lipinski definition) is 3. The van der Waals surface area contributed by atoms with Crippen molar-refractivity contribution in [2.45, 2.75) is 31.1 Å². The second-order valence-electron chi connectivity index (χ2n) is 6.36. The molecule has 0 radical (unpaired) electrons. The molecule has 0 saturated heterocycles. The summed E-state index contributed by atoms with van der Waals surface area (Å²) < 4.78 is 28.4. The zero-order valence-corrected chi connectivity index (χ0v) is 13.6. The normalized spacial score (nSPS) is 16.4. The Morgan fingerprint density at radius 2 is 1.59 bits per heavy atom. The number of fused-ring (bicyclic) bond motifs is 1. The molecule has 5 heteroatoms. The topological polar surface area (TPSA) is 58.5 Å². The number of anilines is 1. The molecular weight excluding hydrogens is 296 g/mol. The smallest absolute Gasteiger partial charge is 0.286 e. The van der Waals surface area contributed by atoms with Gasteiger partial charge in [-0.1, -0.05) is 57.2 Å². The number of hydrogen-bond donors (Lipinski definition) is 1. The summed E-state index contributed by atoms with van der Waals surface area (Å²) in [5.74, 6) is 0.360. The Labute approximate surface area is 131 Å². The van der Waals surface area contributed by atoms with Crippen LogP contribution in [0, 0.1) is 0 Å². The van der Waals surface area contributed by atoms with Gasteiger partial charge in [0.25, 0.3) is 10.0 Å². The summed E-state index contributed by atoms with van der Waals surface area (Å²) in [6, 6.07) is 14.6. The summed E-state index contributed by atoms with van der Waals surface area (Å²) in [5.41, 5.74) is 2.56. The minimum absolute atomic E-state index is 0.0546. The van der Waals surface area contributed by atoms with Gasteiger partial charge in [0.15, 0.2) is 5.84 Å². The van der Waals surface area contributed by atoms with E-state index in [4.69, 9.17) is 0 Å². The molecular formula is C17H18N2O2S. The predicted molar refractivity (Wildman–Crippen MR) is 88.9 cm³/mol. The first kappa shape index (κ1) is 14.8. The number of nitrogens with one attached hydrogen (secondary N) is 1. The Bertz CT molecular complexity index is 845. The largest absolute Gasteiger partial charge is 0.338 e. The molecule has 1 N–H and O–H groups in total. The van der Waals surface area contributed by atoms with Crippen LogP contribution in [0.2, 0.25) is 0 Å². The van der Waals surface area contributed by atoms with Crippen molar-refractivity contribution in [2.75, 3.05) is 5.32 Å². The molecule has 2 aromatic rings. The summed E-state index contributed by atoms with van der Waals surface area (Å²) in [7, 11) is -3.65. The van der Waals surface area contributed by atoms with E-state index in [2.05, 4.69) is 30.5 Å². The van der Waals surface area contributed by atoms with Gasteiger partial charge in [-0.2, -0.15) is 8.42 Å². The summed E-state index contributed by atoms with van der Waals surface area (Å²) in [6.45, 7) is 6.41. The maximum Gasteiger partial charge on any atom is 0.286 e. The van der Waals surface area contributed by atoms with Gasteiger partial charge >= 0.3 is 0 Å². The van der Waals surface area contributed by atoms with E-state index < -0.39 is 10.0 Å². The molecule has 0 amide bonds. The monoisotopic (exact) mass is 314 g/mol. The van der Waals surface area contributed by atoms with Gasteiger partial charge in [0.2, 0.25) is 0 Å². The van der Waals surface area contributed by atoms with Gasteiger partial charge in [-0.05, 0) is 23.1 Å². The van der Waals surface area contributed by atoms with Gasteiger partial charge in [-0.3, -0.25) is 0 Å². The first-order chi connectivity index (χ1) is 10.3. The van der Waals surface area contributed by atoms with E-state index in [9.17, 15) is 8.42 Å². The van der Waals surface area contributed by atoms with Crippen molar-refractivity contribution in [3.05, 3.63) is 59.7 Å². The summed E-state index contributed by atoms with van der Waals surface area (Å²) in [5, 5.41) is 3.10. The van der Waals surface area contributed by atoms with E-state index in [1.807, 2.05) is 24.3 Å². The zero-order valence-electron chi connectivity index (χ0n) is 12.8. The molecule has 1 aliphatic heterocycles. The molecule has 114 valence electrons. The quantitative estimate of drug-likeness (QED) is 0.876. The average Bonchev–Trinajstić information content (AvgIpc) is 2.46. The Hall–Kier alpha value is -2.14. The van der Waals surface area contributed by atoms with Crippen LogP contribution >= 0.6 is 0 Å². The van der Waals surface area contributed by atoms with Crippen LogP contribution in [0.5, 0.6) is 0 Å². The van der Waals surface area contributed by atoms with Crippen molar-refractivity contribution in [1.29, 1.82) is 0 Å². The Kier molecular flexibility index (Phi) is 3.33. The molecule has 0 saturated carbocycles. The van der Waals surface area contributed by atoms with Crippen LogP contribution in [0.3, 0.4) is 0 Å². The minimum atomic E-state index is -3.65. The molecule has 0 aliphatic carbocycles. The molecule has 0 aromatic heterocycles. The van der Waals surface area contributed by atoms with Crippen molar-refractivity contribution in [2.24, 2.45) is 4.40 Å². The van der Waals surface area contributed by atoms with Crippen molar-refractivity contribution in [3.8, 4) is 0 Å². The lowest BCUT2D eigenvalue weighted by molar-refractivity contribution is 0.590. The molecule has 4 nitrogen and oxygen atoms in total. The molecule has 3 rings (SSSR count). The lowest BCUT2D eigenvalue weighted by Gasteiger charge is -2.21. The molecule has 1 aliphatic rings. The number of sulfonamides is 1. The summed E-state index contributed by atoms with van der Waals surface area (Å²) in [6.07, 6.45) is 0. The summed E-state index contributed by atoms with van der Waals surface area (Å²) in [4.78, 5) is 0.213. The standard InChI is InChI=1S/C17H18N2O2S/c1-17(2,3)13-10-8-12(9-11-13)16-18-14-6-4-5-7-15(14)22(20,21)19-16/h4-11H,1-3H3,(H,18,19). The van der Waals surface area contributed by atoms with Crippen molar-refractivity contribution in [1.82, 2.24) is 0 Å². The van der Waals surface area contributed by atoms with E-state index >= 15 is 0 Å². The Morgan fingerprint density at radius 1 is 0.955 bits per heavy atom. The second kappa shape index (κ2) is 4.95. The molecule has 0 spiro atoms. The highest BCUT2D eigenvalue weighted by Crippen LogP contribution is 2.29. The highest BCUT2D eigenvalue weighted by molar-refractivity contribution is 7.90. The van der Waals surface area contributed by atoms with E-state index in [0.29, 0.717) is 11.5 Å². The molecule has 1 heterocycles.